The number of esters is 2. The normalized spacial score (nSPS) is 10.2. The third-order valence-electron chi connectivity index (χ3n) is 3.00. The fraction of sp³-hybridized carbons (Fsp3) is 0.353. The SMILES string of the molecule is CC(=O)Oc1ccccc1C(=O)OCCN.O=C(O)CC(O)(CC(=O)O)C(=O)O. The summed E-state index contributed by atoms with van der Waals surface area (Å²) in [6.07, 6.45) is -2.29. The maximum atomic E-state index is 11.5. The van der Waals surface area contributed by atoms with Crippen LogP contribution < -0.4 is 10.5 Å². The van der Waals surface area contributed by atoms with Crippen LogP contribution in [0.5, 0.6) is 5.75 Å². The zero-order valence-corrected chi connectivity index (χ0v) is 15.4. The number of nitrogens with two attached hydrogens (primary N) is 1. The first kappa shape index (κ1) is 25.5. The van der Waals surface area contributed by atoms with Gasteiger partial charge in [-0.25, -0.2) is 9.59 Å². The number of hydrogen-bond acceptors (Lipinski definition) is 9. The lowest BCUT2D eigenvalue weighted by Gasteiger charge is -2.18. The van der Waals surface area contributed by atoms with Crippen LogP contribution in [0.15, 0.2) is 24.3 Å². The second kappa shape index (κ2) is 12.0. The van der Waals surface area contributed by atoms with Crippen molar-refractivity contribution in [3.8, 4) is 5.75 Å². The highest BCUT2D eigenvalue weighted by Crippen LogP contribution is 2.19. The lowest BCUT2D eigenvalue weighted by atomic mass is 9.96. The van der Waals surface area contributed by atoms with Crippen molar-refractivity contribution in [3.05, 3.63) is 29.8 Å². The number of benzene rings is 1. The Bertz CT molecular complexity index is 744. The van der Waals surface area contributed by atoms with Gasteiger partial charge in [0, 0.05) is 13.5 Å². The van der Waals surface area contributed by atoms with Crippen molar-refractivity contribution in [2.75, 3.05) is 13.2 Å². The predicted molar refractivity (Wildman–Crippen MR) is 94.2 cm³/mol. The van der Waals surface area contributed by atoms with Gasteiger partial charge in [0.2, 0.25) is 0 Å². The summed E-state index contributed by atoms with van der Waals surface area (Å²) >= 11 is 0. The lowest BCUT2D eigenvalue weighted by molar-refractivity contribution is -0.170. The monoisotopic (exact) mass is 415 g/mol. The molecule has 0 aliphatic heterocycles. The van der Waals surface area contributed by atoms with Gasteiger partial charge in [-0.15, -0.1) is 0 Å². The summed E-state index contributed by atoms with van der Waals surface area (Å²) in [6, 6.07) is 6.38. The zero-order chi connectivity index (χ0) is 22.6. The molecule has 0 spiro atoms. The van der Waals surface area contributed by atoms with E-state index in [4.69, 9.17) is 35.6 Å². The quantitative estimate of drug-likeness (QED) is 0.255. The molecular formula is C17H21NO11. The molecule has 0 fully saturated rings. The van der Waals surface area contributed by atoms with Crippen molar-refractivity contribution in [1.29, 1.82) is 0 Å². The molecule has 0 aliphatic carbocycles. The number of carboxylic acid groups (broad SMARTS) is 3. The van der Waals surface area contributed by atoms with Gasteiger partial charge in [0.25, 0.3) is 0 Å². The van der Waals surface area contributed by atoms with Crippen LogP contribution in [0.1, 0.15) is 30.1 Å². The lowest BCUT2D eigenvalue weighted by Crippen LogP contribution is -2.42. The van der Waals surface area contributed by atoms with Gasteiger partial charge in [-0.3, -0.25) is 14.4 Å². The van der Waals surface area contributed by atoms with E-state index in [1.54, 1.807) is 12.1 Å². The summed E-state index contributed by atoms with van der Waals surface area (Å²) in [5.74, 6) is -5.87. The minimum atomic E-state index is -2.74. The third kappa shape index (κ3) is 9.83. The molecular weight excluding hydrogens is 394 g/mol. The molecule has 0 atom stereocenters. The Morgan fingerprint density at radius 3 is 1.93 bits per heavy atom. The zero-order valence-electron chi connectivity index (χ0n) is 15.4. The van der Waals surface area contributed by atoms with Crippen LogP contribution in [0.2, 0.25) is 0 Å². The van der Waals surface area contributed by atoms with Crippen molar-refractivity contribution >= 4 is 29.8 Å². The Hall–Kier alpha value is -3.51. The van der Waals surface area contributed by atoms with E-state index in [1.807, 2.05) is 0 Å². The van der Waals surface area contributed by atoms with Crippen molar-refractivity contribution in [1.82, 2.24) is 0 Å². The third-order valence-corrected chi connectivity index (χ3v) is 3.00. The number of hydrogen-bond donors (Lipinski definition) is 5. The summed E-state index contributed by atoms with van der Waals surface area (Å²) < 4.78 is 9.72. The van der Waals surface area contributed by atoms with Crippen molar-refractivity contribution in [3.63, 3.8) is 0 Å². The molecule has 29 heavy (non-hydrogen) atoms. The number of carboxylic acids is 3. The number of rotatable bonds is 9. The fourth-order valence-electron chi connectivity index (χ4n) is 1.82. The number of para-hydroxylation sites is 1. The second-order valence-electron chi connectivity index (χ2n) is 5.49. The van der Waals surface area contributed by atoms with Gasteiger partial charge in [0.05, 0.1) is 12.8 Å². The maximum absolute atomic E-state index is 11.5. The Morgan fingerprint density at radius 1 is 1.00 bits per heavy atom. The van der Waals surface area contributed by atoms with Crippen LogP contribution in [-0.2, 0) is 23.9 Å². The molecule has 12 nitrogen and oxygen atoms in total. The molecule has 0 aliphatic rings. The first-order valence-electron chi connectivity index (χ1n) is 7.97. The molecule has 0 heterocycles. The summed E-state index contributed by atoms with van der Waals surface area (Å²) in [6.45, 7) is 1.65. The summed E-state index contributed by atoms with van der Waals surface area (Å²) in [5.41, 5.74) is 2.69. The number of aliphatic carboxylic acids is 3. The van der Waals surface area contributed by atoms with E-state index in [0.717, 1.165) is 0 Å². The first-order valence-corrected chi connectivity index (χ1v) is 7.97. The van der Waals surface area contributed by atoms with Gasteiger partial charge in [-0.05, 0) is 12.1 Å². The summed E-state index contributed by atoms with van der Waals surface area (Å²) in [7, 11) is 0. The van der Waals surface area contributed by atoms with Crippen LogP contribution in [0.4, 0.5) is 0 Å². The number of carbonyl (C=O) groups is 5. The maximum Gasteiger partial charge on any atom is 0.341 e. The largest absolute Gasteiger partial charge is 0.481 e. The smallest absolute Gasteiger partial charge is 0.341 e. The molecule has 160 valence electrons. The molecule has 0 saturated carbocycles. The van der Waals surface area contributed by atoms with E-state index >= 15 is 0 Å². The molecule has 0 aromatic heterocycles. The van der Waals surface area contributed by atoms with E-state index in [-0.39, 0.29) is 24.5 Å². The number of carbonyl (C=O) groups excluding carboxylic acids is 2. The van der Waals surface area contributed by atoms with Crippen LogP contribution >= 0.6 is 0 Å². The van der Waals surface area contributed by atoms with Crippen LogP contribution in [0, 0.1) is 0 Å². The van der Waals surface area contributed by atoms with Gasteiger partial charge in [0.15, 0.2) is 5.60 Å². The highest BCUT2D eigenvalue weighted by molar-refractivity contribution is 5.93. The summed E-state index contributed by atoms with van der Waals surface area (Å²) in [5, 5.41) is 33.8. The first-order chi connectivity index (χ1) is 13.4. The predicted octanol–water partition coefficient (Wildman–Crippen LogP) is -0.521. The fourth-order valence-corrected chi connectivity index (χ4v) is 1.82. The second-order valence-corrected chi connectivity index (χ2v) is 5.49. The Balaban J connectivity index is 0.000000555. The number of ether oxygens (including phenoxy) is 2. The van der Waals surface area contributed by atoms with Crippen LogP contribution in [-0.4, -0.2) is 69.0 Å². The van der Waals surface area contributed by atoms with Gasteiger partial charge in [-0.1, -0.05) is 12.1 Å². The van der Waals surface area contributed by atoms with E-state index in [2.05, 4.69) is 0 Å². The minimum Gasteiger partial charge on any atom is -0.481 e. The average molecular weight is 415 g/mol. The van der Waals surface area contributed by atoms with Gasteiger partial charge in [0.1, 0.15) is 17.9 Å². The van der Waals surface area contributed by atoms with E-state index < -0.39 is 48.3 Å². The molecule has 1 aromatic carbocycles. The van der Waals surface area contributed by atoms with Gasteiger partial charge >= 0.3 is 29.8 Å². The van der Waals surface area contributed by atoms with Gasteiger partial charge in [-0.2, -0.15) is 0 Å². The molecule has 1 rings (SSSR count). The van der Waals surface area contributed by atoms with Crippen LogP contribution in [0.25, 0.3) is 0 Å². The molecule has 0 radical (unpaired) electrons. The average Bonchev–Trinajstić information content (AvgIpc) is 2.58. The van der Waals surface area contributed by atoms with Crippen molar-refractivity contribution in [2.45, 2.75) is 25.4 Å². The highest BCUT2D eigenvalue weighted by Gasteiger charge is 2.40. The number of aliphatic hydroxyl groups is 1. The van der Waals surface area contributed by atoms with E-state index in [9.17, 15) is 24.0 Å². The van der Waals surface area contributed by atoms with Gasteiger partial charge < -0.3 is 35.6 Å². The molecule has 6 N–H and O–H groups in total. The Morgan fingerprint density at radius 2 is 1.52 bits per heavy atom. The minimum absolute atomic E-state index is 0.132. The topological polar surface area (TPSA) is 211 Å². The van der Waals surface area contributed by atoms with Crippen molar-refractivity contribution < 1.29 is 53.9 Å². The molecule has 0 unspecified atom stereocenters. The molecule has 1 aromatic rings. The molecule has 0 saturated heterocycles. The highest BCUT2D eigenvalue weighted by atomic mass is 16.5. The van der Waals surface area contributed by atoms with Crippen LogP contribution in [0.3, 0.4) is 0 Å². The van der Waals surface area contributed by atoms with E-state index in [0.29, 0.717) is 0 Å². The Labute approximate surface area is 164 Å². The standard InChI is InChI=1S/C11H13NO4.C6H8O7/c1-8(13)16-10-5-3-2-4-9(10)11(14)15-7-6-12;7-3(8)1-6(13,5(11)12)2-4(9)10/h2-5H,6-7,12H2,1H3;13H,1-2H2,(H,7,8)(H,9,10)(H,11,12). The molecule has 12 heteroatoms. The molecule has 0 amide bonds. The molecule has 0 bridgehead atoms. The Kier molecular flexibility index (Phi) is 10.6. The van der Waals surface area contributed by atoms with E-state index in [1.165, 1.54) is 19.1 Å². The van der Waals surface area contributed by atoms with Crippen molar-refractivity contribution in [2.24, 2.45) is 5.73 Å². The summed E-state index contributed by atoms with van der Waals surface area (Å²) in [4.78, 5) is 52.8.